The van der Waals surface area contributed by atoms with Gasteiger partial charge in [0.25, 0.3) is 0 Å². The smallest absolute Gasteiger partial charge is 0.243 e. The highest BCUT2D eigenvalue weighted by Gasteiger charge is 2.42. The molecule has 9 heteroatoms. The average molecular weight is 499 g/mol. The maximum Gasteiger partial charge on any atom is 0.243 e. The minimum Gasteiger partial charge on any atom is -0.391 e. The van der Waals surface area contributed by atoms with Crippen molar-refractivity contribution in [2.24, 2.45) is 5.92 Å². The monoisotopic (exact) mass is 498 g/mol. The molecule has 3 aromatic rings. The lowest BCUT2D eigenvalue weighted by Crippen LogP contribution is -2.48. The van der Waals surface area contributed by atoms with E-state index in [2.05, 4.69) is 15.3 Å². The highest BCUT2D eigenvalue weighted by atomic mass is 32.1. The molecule has 1 aliphatic heterocycles. The molecule has 7 nitrogen and oxygen atoms in total. The molecule has 2 amide bonds. The molecule has 2 aromatic heterocycles. The Morgan fingerprint density at radius 2 is 1.94 bits per heavy atom. The van der Waals surface area contributed by atoms with Crippen molar-refractivity contribution in [2.75, 3.05) is 6.54 Å². The van der Waals surface area contributed by atoms with Crippen LogP contribution in [0.4, 0.5) is 0 Å². The van der Waals surface area contributed by atoms with Crippen molar-refractivity contribution >= 4 is 34.5 Å². The van der Waals surface area contributed by atoms with Crippen LogP contribution in [-0.2, 0) is 16.1 Å². The van der Waals surface area contributed by atoms with Gasteiger partial charge >= 0.3 is 0 Å². The minimum atomic E-state index is -0.715. The molecular formula is C25H30N4O3S2. The molecule has 3 atom stereocenters. The van der Waals surface area contributed by atoms with E-state index >= 15 is 0 Å². The zero-order valence-corrected chi connectivity index (χ0v) is 21.4. The number of nitrogens with one attached hydrogen (secondary N) is 1. The number of rotatable bonds is 7. The second kappa shape index (κ2) is 10.3. The van der Waals surface area contributed by atoms with Crippen LogP contribution in [0.5, 0.6) is 0 Å². The van der Waals surface area contributed by atoms with Crippen molar-refractivity contribution in [3.05, 3.63) is 57.1 Å². The summed E-state index contributed by atoms with van der Waals surface area (Å²) in [6, 6.07) is 7.34. The summed E-state index contributed by atoms with van der Waals surface area (Å²) in [6.07, 6.45) is -0.476. The maximum absolute atomic E-state index is 13.5. The number of amides is 2. The van der Waals surface area contributed by atoms with E-state index in [0.717, 1.165) is 32.4 Å². The van der Waals surface area contributed by atoms with Gasteiger partial charge in [-0.2, -0.15) is 0 Å². The first-order valence-corrected chi connectivity index (χ1v) is 13.2. The summed E-state index contributed by atoms with van der Waals surface area (Å²) in [5.41, 5.74) is 5.78. The van der Waals surface area contributed by atoms with Gasteiger partial charge in [0.2, 0.25) is 11.8 Å². The van der Waals surface area contributed by atoms with E-state index in [-0.39, 0.29) is 30.7 Å². The molecule has 0 aliphatic carbocycles. The molecule has 2 N–H and O–H groups in total. The normalized spacial score (nSPS) is 18.9. The van der Waals surface area contributed by atoms with E-state index in [0.29, 0.717) is 6.54 Å². The van der Waals surface area contributed by atoms with Gasteiger partial charge in [-0.1, -0.05) is 38.1 Å². The summed E-state index contributed by atoms with van der Waals surface area (Å²) in [6.45, 7) is 8.38. The Balaban J connectivity index is 1.43. The zero-order valence-electron chi connectivity index (χ0n) is 19.8. The van der Waals surface area contributed by atoms with Crippen molar-refractivity contribution in [3.8, 4) is 10.4 Å². The largest absolute Gasteiger partial charge is 0.391 e. The third-order valence-electron chi connectivity index (χ3n) is 6.13. The standard InChI is InChI=1S/C25H30N4O3S2/c1-14(2)21(24-28-15(3)12-33-24)25(32)29-11-19(30)9-20(29)23(31)26-10-17-5-7-18(8-6-17)22-16(4)27-13-34-22/h5-8,12-14,19-21,30H,9-11H2,1-4H3,(H,26,31)/t19-,20+,21-/m1/s1. The van der Waals surface area contributed by atoms with Crippen LogP contribution in [0.15, 0.2) is 35.2 Å². The van der Waals surface area contributed by atoms with Crippen LogP contribution in [0.1, 0.15) is 48.1 Å². The van der Waals surface area contributed by atoms with Crippen LogP contribution in [0.25, 0.3) is 10.4 Å². The summed E-state index contributed by atoms with van der Waals surface area (Å²) < 4.78 is 0. The number of benzene rings is 1. The second-order valence-electron chi connectivity index (χ2n) is 9.13. The number of hydrogen-bond donors (Lipinski definition) is 2. The van der Waals surface area contributed by atoms with E-state index in [1.54, 1.807) is 11.3 Å². The van der Waals surface area contributed by atoms with Gasteiger partial charge in [-0.3, -0.25) is 9.59 Å². The first kappa shape index (κ1) is 24.5. The number of aliphatic hydroxyl groups is 1. The van der Waals surface area contributed by atoms with Gasteiger partial charge < -0.3 is 15.3 Å². The SMILES string of the molecule is Cc1csc([C@H](C(=O)N2C[C@H](O)C[C@H]2C(=O)NCc2ccc(-c3scnc3C)cc2)C(C)C)n1. The van der Waals surface area contributed by atoms with E-state index in [1.807, 2.05) is 62.9 Å². The fourth-order valence-corrected chi connectivity index (χ4v) is 6.21. The number of thiazole rings is 2. The number of likely N-dealkylation sites (tertiary alicyclic amines) is 1. The summed E-state index contributed by atoms with van der Waals surface area (Å²) in [5.74, 6) is -0.794. The van der Waals surface area contributed by atoms with Gasteiger partial charge in [0, 0.05) is 30.6 Å². The van der Waals surface area contributed by atoms with Crippen LogP contribution >= 0.6 is 22.7 Å². The van der Waals surface area contributed by atoms with Gasteiger partial charge in [0.1, 0.15) is 11.0 Å². The lowest BCUT2D eigenvalue weighted by atomic mass is 9.94. The van der Waals surface area contributed by atoms with Gasteiger partial charge in [0.05, 0.1) is 28.1 Å². The van der Waals surface area contributed by atoms with Gasteiger partial charge in [-0.15, -0.1) is 22.7 Å². The number of aryl methyl sites for hydroxylation is 2. The number of carbonyl (C=O) groups is 2. The van der Waals surface area contributed by atoms with Crippen LogP contribution in [0.2, 0.25) is 0 Å². The first-order chi connectivity index (χ1) is 16.2. The van der Waals surface area contributed by atoms with E-state index < -0.39 is 18.1 Å². The topological polar surface area (TPSA) is 95.4 Å². The molecule has 0 radical (unpaired) electrons. The highest BCUT2D eigenvalue weighted by molar-refractivity contribution is 7.13. The molecule has 1 fully saturated rings. The number of nitrogens with zero attached hydrogens (tertiary/aromatic N) is 3. The lowest BCUT2D eigenvalue weighted by molar-refractivity contribution is -0.140. The molecule has 0 spiro atoms. The molecule has 0 unspecified atom stereocenters. The first-order valence-electron chi connectivity index (χ1n) is 11.4. The second-order valence-corrected chi connectivity index (χ2v) is 10.9. The lowest BCUT2D eigenvalue weighted by Gasteiger charge is -2.29. The Morgan fingerprint density at radius 3 is 2.53 bits per heavy atom. The predicted molar refractivity (Wildman–Crippen MR) is 135 cm³/mol. The van der Waals surface area contributed by atoms with E-state index in [4.69, 9.17) is 0 Å². The predicted octanol–water partition coefficient (Wildman–Crippen LogP) is 3.90. The number of aromatic nitrogens is 2. The Labute approximate surface area is 207 Å². The third kappa shape index (κ3) is 5.21. The molecule has 4 rings (SSSR count). The molecule has 34 heavy (non-hydrogen) atoms. The van der Waals surface area contributed by atoms with Gasteiger partial charge in [-0.25, -0.2) is 9.97 Å². The third-order valence-corrected chi connectivity index (χ3v) is 8.15. The molecule has 0 saturated carbocycles. The number of carbonyl (C=O) groups excluding carboxylic acids is 2. The quantitative estimate of drug-likeness (QED) is 0.515. The van der Waals surface area contributed by atoms with Crippen molar-refractivity contribution in [3.63, 3.8) is 0 Å². The van der Waals surface area contributed by atoms with Crippen molar-refractivity contribution < 1.29 is 14.7 Å². The fourth-order valence-electron chi connectivity index (χ4n) is 4.34. The van der Waals surface area contributed by atoms with Crippen molar-refractivity contribution in [2.45, 2.75) is 58.7 Å². The Bertz CT molecular complexity index is 1160. The molecule has 180 valence electrons. The molecule has 1 aliphatic rings. The molecule has 1 saturated heterocycles. The molecule has 1 aromatic carbocycles. The highest BCUT2D eigenvalue weighted by Crippen LogP contribution is 2.32. The van der Waals surface area contributed by atoms with Crippen molar-refractivity contribution in [1.82, 2.24) is 20.2 Å². The molecular weight excluding hydrogens is 468 g/mol. The fraction of sp³-hybridized carbons (Fsp3) is 0.440. The van der Waals surface area contributed by atoms with Gasteiger partial charge in [-0.05, 0) is 30.9 Å². The number of hydrogen-bond acceptors (Lipinski definition) is 7. The van der Waals surface area contributed by atoms with Crippen molar-refractivity contribution in [1.29, 1.82) is 0 Å². The molecule has 3 heterocycles. The van der Waals surface area contributed by atoms with Crippen LogP contribution in [0.3, 0.4) is 0 Å². The van der Waals surface area contributed by atoms with Gasteiger partial charge in [0.15, 0.2) is 0 Å². The summed E-state index contributed by atoms with van der Waals surface area (Å²) in [5, 5.41) is 15.9. The summed E-state index contributed by atoms with van der Waals surface area (Å²) in [7, 11) is 0. The zero-order chi connectivity index (χ0) is 24.4. The minimum absolute atomic E-state index is 0.0280. The molecule has 0 bridgehead atoms. The van der Waals surface area contributed by atoms with Crippen LogP contribution in [-0.4, -0.2) is 50.5 Å². The Morgan fingerprint density at radius 1 is 1.21 bits per heavy atom. The van der Waals surface area contributed by atoms with E-state index in [1.165, 1.54) is 16.2 Å². The summed E-state index contributed by atoms with van der Waals surface area (Å²) >= 11 is 3.07. The maximum atomic E-state index is 13.5. The Kier molecular flexibility index (Phi) is 7.45. The average Bonchev–Trinajstić information content (AvgIpc) is 3.52. The summed E-state index contributed by atoms with van der Waals surface area (Å²) in [4.78, 5) is 38.1. The number of β-amino-alcohol motifs (C(OH)–C–C–N with tert-alkyl or cyclic N) is 1. The van der Waals surface area contributed by atoms with Crippen LogP contribution < -0.4 is 5.32 Å². The van der Waals surface area contributed by atoms with Crippen LogP contribution in [0, 0.1) is 19.8 Å². The number of aliphatic hydroxyl groups excluding tert-OH is 1. The Hall–Kier alpha value is -2.62. The van der Waals surface area contributed by atoms with E-state index in [9.17, 15) is 14.7 Å².